The molecule has 0 atom stereocenters. The van der Waals surface area contributed by atoms with E-state index in [9.17, 15) is 4.79 Å². The molecule has 4 rings (SSSR count). The van der Waals surface area contributed by atoms with Crippen LogP contribution in [0.3, 0.4) is 0 Å². The van der Waals surface area contributed by atoms with Crippen LogP contribution in [0.2, 0.25) is 0 Å². The first kappa shape index (κ1) is 17.5. The van der Waals surface area contributed by atoms with Crippen molar-refractivity contribution in [1.82, 2.24) is 14.7 Å². The first-order valence-corrected chi connectivity index (χ1v) is 9.99. The number of carbonyl (C=O) groups excluding carboxylic acids is 1. The van der Waals surface area contributed by atoms with Gasteiger partial charge in [0.05, 0.1) is 12.1 Å². The Morgan fingerprint density at radius 2 is 1.78 bits per heavy atom. The fourth-order valence-corrected chi connectivity index (χ4v) is 3.97. The smallest absolute Gasteiger partial charge is 0.225 e. The van der Waals surface area contributed by atoms with Crippen molar-refractivity contribution in [3.05, 3.63) is 83.5 Å². The SMILES string of the molecule is O=C(Cc1csc2nc(-c3ccccc3)cn12)NCCCc1ccccc1. The summed E-state index contributed by atoms with van der Waals surface area (Å²) in [5.74, 6) is 0.0534. The summed E-state index contributed by atoms with van der Waals surface area (Å²) >= 11 is 1.57. The molecule has 1 N–H and O–H groups in total. The van der Waals surface area contributed by atoms with E-state index < -0.39 is 0 Å². The summed E-state index contributed by atoms with van der Waals surface area (Å²) in [6.45, 7) is 0.695. The van der Waals surface area contributed by atoms with Crippen LogP contribution in [0.5, 0.6) is 0 Å². The Morgan fingerprint density at radius 1 is 1.04 bits per heavy atom. The topological polar surface area (TPSA) is 46.4 Å². The van der Waals surface area contributed by atoms with Gasteiger partial charge in [-0.15, -0.1) is 11.3 Å². The molecule has 2 heterocycles. The monoisotopic (exact) mass is 375 g/mol. The highest BCUT2D eigenvalue weighted by Gasteiger charge is 2.12. The molecule has 2 aromatic heterocycles. The number of benzene rings is 2. The normalized spacial score (nSPS) is 11.0. The summed E-state index contributed by atoms with van der Waals surface area (Å²) in [4.78, 5) is 17.9. The maximum absolute atomic E-state index is 12.3. The van der Waals surface area contributed by atoms with Crippen molar-refractivity contribution in [2.45, 2.75) is 19.3 Å². The van der Waals surface area contributed by atoms with Crippen molar-refractivity contribution in [1.29, 1.82) is 0 Å². The van der Waals surface area contributed by atoms with E-state index in [4.69, 9.17) is 0 Å². The molecule has 0 aliphatic heterocycles. The molecule has 0 unspecified atom stereocenters. The predicted molar refractivity (Wildman–Crippen MR) is 110 cm³/mol. The molecule has 0 saturated carbocycles. The van der Waals surface area contributed by atoms with Crippen LogP contribution in [0.4, 0.5) is 0 Å². The van der Waals surface area contributed by atoms with E-state index in [1.807, 2.05) is 64.5 Å². The van der Waals surface area contributed by atoms with Crippen LogP contribution in [-0.4, -0.2) is 21.8 Å². The molecular weight excluding hydrogens is 354 g/mol. The van der Waals surface area contributed by atoms with Crippen LogP contribution in [0, 0.1) is 0 Å². The van der Waals surface area contributed by atoms with Crippen LogP contribution in [0.1, 0.15) is 17.7 Å². The van der Waals surface area contributed by atoms with Crippen LogP contribution in [0.25, 0.3) is 16.2 Å². The minimum atomic E-state index is 0.0534. The molecule has 0 fully saturated rings. The molecule has 0 aliphatic rings. The van der Waals surface area contributed by atoms with E-state index in [1.54, 1.807) is 11.3 Å². The third-order valence-corrected chi connectivity index (χ3v) is 5.39. The second kappa shape index (κ2) is 8.18. The van der Waals surface area contributed by atoms with Crippen molar-refractivity contribution in [3.8, 4) is 11.3 Å². The Hall–Kier alpha value is -2.92. The standard InChI is InChI=1S/C22H21N3OS/c26-21(23-13-7-10-17-8-3-1-4-9-17)14-19-16-27-22-24-20(15-25(19)22)18-11-5-2-6-12-18/h1-6,8-9,11-12,15-16H,7,10,13-14H2,(H,23,26). The maximum Gasteiger partial charge on any atom is 0.225 e. The van der Waals surface area contributed by atoms with Gasteiger partial charge in [-0.2, -0.15) is 0 Å². The number of hydrogen-bond acceptors (Lipinski definition) is 3. The average molecular weight is 375 g/mol. The molecule has 4 nitrogen and oxygen atoms in total. The average Bonchev–Trinajstić information content (AvgIpc) is 3.29. The van der Waals surface area contributed by atoms with E-state index in [1.165, 1.54) is 5.56 Å². The summed E-state index contributed by atoms with van der Waals surface area (Å²) in [5, 5.41) is 5.04. The second-order valence-corrected chi connectivity index (χ2v) is 7.32. The van der Waals surface area contributed by atoms with E-state index >= 15 is 0 Å². The van der Waals surface area contributed by atoms with E-state index in [0.717, 1.165) is 34.8 Å². The van der Waals surface area contributed by atoms with Gasteiger partial charge in [0.2, 0.25) is 5.91 Å². The molecule has 0 radical (unpaired) electrons. The zero-order valence-corrected chi connectivity index (χ0v) is 15.8. The van der Waals surface area contributed by atoms with E-state index in [-0.39, 0.29) is 5.91 Å². The van der Waals surface area contributed by atoms with Gasteiger partial charge in [-0.05, 0) is 18.4 Å². The minimum Gasteiger partial charge on any atom is -0.356 e. The van der Waals surface area contributed by atoms with Crippen molar-refractivity contribution in [2.75, 3.05) is 6.54 Å². The van der Waals surface area contributed by atoms with Crippen molar-refractivity contribution in [2.24, 2.45) is 0 Å². The molecule has 0 aliphatic carbocycles. The number of aryl methyl sites for hydroxylation is 1. The molecule has 27 heavy (non-hydrogen) atoms. The second-order valence-electron chi connectivity index (χ2n) is 6.49. The highest BCUT2D eigenvalue weighted by Crippen LogP contribution is 2.23. The maximum atomic E-state index is 12.3. The quantitative estimate of drug-likeness (QED) is 0.488. The van der Waals surface area contributed by atoms with Gasteiger partial charge in [0, 0.05) is 29.4 Å². The molecule has 136 valence electrons. The summed E-state index contributed by atoms with van der Waals surface area (Å²) in [5.41, 5.74) is 4.31. The first-order valence-electron chi connectivity index (χ1n) is 9.11. The number of hydrogen-bond donors (Lipinski definition) is 1. The molecule has 2 aromatic carbocycles. The molecule has 0 bridgehead atoms. The zero-order chi connectivity index (χ0) is 18.5. The van der Waals surface area contributed by atoms with Gasteiger partial charge in [0.15, 0.2) is 4.96 Å². The number of aromatic nitrogens is 2. The van der Waals surface area contributed by atoms with Crippen molar-refractivity contribution >= 4 is 22.2 Å². The fourth-order valence-electron chi connectivity index (χ4n) is 3.10. The van der Waals surface area contributed by atoms with Gasteiger partial charge in [0.1, 0.15) is 0 Å². The van der Waals surface area contributed by atoms with Crippen LogP contribution in [0.15, 0.2) is 72.2 Å². The third-order valence-electron chi connectivity index (χ3n) is 4.50. The number of nitrogens with zero attached hydrogens (tertiary/aromatic N) is 2. The third kappa shape index (κ3) is 4.26. The lowest BCUT2D eigenvalue weighted by Crippen LogP contribution is -2.26. The lowest BCUT2D eigenvalue weighted by atomic mass is 10.1. The minimum absolute atomic E-state index is 0.0534. The highest BCUT2D eigenvalue weighted by molar-refractivity contribution is 7.15. The predicted octanol–water partition coefficient (Wildman–Crippen LogP) is 4.35. The van der Waals surface area contributed by atoms with Crippen molar-refractivity contribution in [3.63, 3.8) is 0 Å². The molecule has 1 amide bonds. The van der Waals surface area contributed by atoms with Gasteiger partial charge >= 0.3 is 0 Å². The van der Waals surface area contributed by atoms with Gasteiger partial charge in [-0.1, -0.05) is 60.7 Å². The molecule has 4 aromatic rings. The Bertz CT molecular complexity index is 1020. The fraction of sp³-hybridized carbons (Fsp3) is 0.182. The Morgan fingerprint density at radius 3 is 2.56 bits per heavy atom. The number of carbonyl (C=O) groups is 1. The summed E-state index contributed by atoms with van der Waals surface area (Å²) < 4.78 is 2.02. The number of imidazole rings is 1. The first-order chi connectivity index (χ1) is 13.3. The number of rotatable bonds is 7. The number of amides is 1. The number of nitrogens with one attached hydrogen (secondary N) is 1. The van der Waals surface area contributed by atoms with Crippen LogP contribution < -0.4 is 5.32 Å². The Kier molecular flexibility index (Phi) is 5.30. The van der Waals surface area contributed by atoms with Crippen LogP contribution in [-0.2, 0) is 17.6 Å². The van der Waals surface area contributed by atoms with E-state index in [2.05, 4.69) is 22.4 Å². The number of fused-ring (bicyclic) bond motifs is 1. The van der Waals surface area contributed by atoms with Gasteiger partial charge < -0.3 is 5.32 Å². The molecule has 5 heteroatoms. The molecule has 0 spiro atoms. The summed E-state index contributed by atoms with van der Waals surface area (Å²) in [6.07, 6.45) is 4.30. The Labute approximate surface area is 162 Å². The van der Waals surface area contributed by atoms with Gasteiger partial charge in [0.25, 0.3) is 0 Å². The lowest BCUT2D eigenvalue weighted by Gasteiger charge is -2.05. The van der Waals surface area contributed by atoms with Gasteiger partial charge in [-0.3, -0.25) is 9.20 Å². The highest BCUT2D eigenvalue weighted by atomic mass is 32.1. The van der Waals surface area contributed by atoms with Crippen molar-refractivity contribution < 1.29 is 4.79 Å². The summed E-state index contributed by atoms with van der Waals surface area (Å²) in [6, 6.07) is 20.5. The summed E-state index contributed by atoms with van der Waals surface area (Å²) in [7, 11) is 0. The van der Waals surface area contributed by atoms with Gasteiger partial charge in [-0.25, -0.2) is 4.98 Å². The molecular formula is C22H21N3OS. The lowest BCUT2D eigenvalue weighted by molar-refractivity contribution is -0.120. The van der Waals surface area contributed by atoms with Crippen LogP contribution >= 0.6 is 11.3 Å². The molecule has 0 saturated heterocycles. The number of thiazole rings is 1. The van der Waals surface area contributed by atoms with E-state index in [0.29, 0.717) is 13.0 Å². The Balaban J connectivity index is 1.34. The zero-order valence-electron chi connectivity index (χ0n) is 15.0. The largest absolute Gasteiger partial charge is 0.356 e.